The zero-order chi connectivity index (χ0) is 19.8. The highest BCUT2D eigenvalue weighted by Crippen LogP contribution is 2.20. The first kappa shape index (κ1) is 20.4. The molecule has 2 aromatic carbocycles. The average Bonchev–Trinajstić information content (AvgIpc) is 2.67. The van der Waals surface area contributed by atoms with Crippen LogP contribution in [0.2, 0.25) is 0 Å². The maximum absolute atomic E-state index is 14.1. The van der Waals surface area contributed by atoms with E-state index in [9.17, 15) is 14.0 Å². The van der Waals surface area contributed by atoms with Gasteiger partial charge in [0.1, 0.15) is 12.4 Å². The minimum Gasteiger partial charge on any atom is -0.463 e. The number of ether oxygens (including phenoxy) is 1. The van der Waals surface area contributed by atoms with E-state index in [0.717, 1.165) is 11.8 Å². The van der Waals surface area contributed by atoms with Crippen molar-refractivity contribution in [1.29, 1.82) is 0 Å². The highest BCUT2D eigenvalue weighted by atomic mass is 19.1. The van der Waals surface area contributed by atoms with Crippen LogP contribution in [-0.2, 0) is 9.53 Å². The third-order valence-electron chi connectivity index (χ3n) is 4.05. The number of carbonyl (C=O) groups excluding carboxylic acids is 2. The molecule has 0 saturated heterocycles. The van der Waals surface area contributed by atoms with Crippen LogP contribution in [-0.4, -0.2) is 38.1 Å². The van der Waals surface area contributed by atoms with Crippen LogP contribution in [0.5, 0.6) is 0 Å². The van der Waals surface area contributed by atoms with Gasteiger partial charge in [0.25, 0.3) is 5.91 Å². The number of hydrogen-bond donors (Lipinski definition) is 3. The number of carbonyl (C=O) groups is 2. The topological polar surface area (TPSA) is 93.5 Å². The van der Waals surface area contributed by atoms with Gasteiger partial charge in [0.15, 0.2) is 0 Å². The van der Waals surface area contributed by atoms with Gasteiger partial charge >= 0.3 is 5.97 Å². The van der Waals surface area contributed by atoms with Crippen LogP contribution in [0.3, 0.4) is 0 Å². The minimum absolute atomic E-state index is 0.0297. The SMILES string of the molecule is CNC(=O)c1ccc(C(CN)C(=O)OCC(C)Nc2ccccc2)cc1F. The second-order valence-electron chi connectivity index (χ2n) is 6.15. The van der Waals surface area contributed by atoms with Crippen molar-refractivity contribution >= 4 is 17.6 Å². The smallest absolute Gasteiger partial charge is 0.314 e. The number of esters is 1. The number of benzene rings is 2. The quantitative estimate of drug-likeness (QED) is 0.617. The summed E-state index contributed by atoms with van der Waals surface area (Å²) in [4.78, 5) is 24.0. The van der Waals surface area contributed by atoms with Crippen molar-refractivity contribution in [3.05, 3.63) is 65.5 Å². The number of amides is 1. The Hall–Kier alpha value is -2.93. The third kappa shape index (κ3) is 5.52. The third-order valence-corrected chi connectivity index (χ3v) is 4.05. The van der Waals surface area contributed by atoms with Crippen LogP contribution in [0.15, 0.2) is 48.5 Å². The first-order valence-electron chi connectivity index (χ1n) is 8.66. The van der Waals surface area contributed by atoms with Crippen molar-refractivity contribution < 1.29 is 18.7 Å². The Bertz CT molecular complexity index is 783. The van der Waals surface area contributed by atoms with E-state index >= 15 is 0 Å². The number of rotatable bonds is 8. The van der Waals surface area contributed by atoms with Crippen LogP contribution in [0.25, 0.3) is 0 Å². The monoisotopic (exact) mass is 373 g/mol. The molecule has 6 nitrogen and oxygen atoms in total. The molecule has 144 valence electrons. The lowest BCUT2D eigenvalue weighted by Gasteiger charge is -2.19. The summed E-state index contributed by atoms with van der Waals surface area (Å²) in [5.74, 6) is -2.59. The summed E-state index contributed by atoms with van der Waals surface area (Å²) >= 11 is 0. The van der Waals surface area contributed by atoms with Gasteiger partial charge in [0.2, 0.25) is 0 Å². The van der Waals surface area contributed by atoms with E-state index in [1.54, 1.807) is 0 Å². The summed E-state index contributed by atoms with van der Waals surface area (Å²) in [7, 11) is 1.42. The van der Waals surface area contributed by atoms with Gasteiger partial charge < -0.3 is 21.1 Å². The number of nitrogens with two attached hydrogens (primary N) is 1. The summed E-state index contributed by atoms with van der Waals surface area (Å²) in [6.45, 7) is 2.00. The van der Waals surface area contributed by atoms with Crippen molar-refractivity contribution in [2.45, 2.75) is 18.9 Å². The molecule has 0 aliphatic rings. The van der Waals surface area contributed by atoms with E-state index < -0.39 is 23.6 Å². The van der Waals surface area contributed by atoms with E-state index in [1.165, 1.54) is 19.2 Å². The molecule has 2 unspecified atom stereocenters. The Labute approximate surface area is 157 Å². The van der Waals surface area contributed by atoms with E-state index in [0.29, 0.717) is 5.56 Å². The molecule has 0 saturated carbocycles. The number of para-hydroxylation sites is 1. The fourth-order valence-corrected chi connectivity index (χ4v) is 2.60. The number of anilines is 1. The van der Waals surface area contributed by atoms with Crippen molar-refractivity contribution in [3.63, 3.8) is 0 Å². The summed E-state index contributed by atoms with van der Waals surface area (Å²) in [5, 5.41) is 5.57. The van der Waals surface area contributed by atoms with Gasteiger partial charge in [-0.25, -0.2) is 4.39 Å². The van der Waals surface area contributed by atoms with Crippen LogP contribution in [0.1, 0.15) is 28.8 Å². The predicted octanol–water partition coefficient (Wildman–Crippen LogP) is 2.27. The zero-order valence-electron chi connectivity index (χ0n) is 15.4. The van der Waals surface area contributed by atoms with E-state index in [2.05, 4.69) is 10.6 Å². The Morgan fingerprint density at radius 1 is 1.19 bits per heavy atom. The minimum atomic E-state index is -0.804. The maximum Gasteiger partial charge on any atom is 0.314 e. The molecule has 0 radical (unpaired) electrons. The van der Waals surface area contributed by atoms with Gasteiger partial charge in [0.05, 0.1) is 17.5 Å². The standard InChI is InChI=1S/C20H24FN3O3/c1-13(24-15-6-4-3-5-7-15)12-27-20(26)17(11-22)14-8-9-16(18(21)10-14)19(25)23-2/h3-10,13,17,24H,11-12,22H2,1-2H3,(H,23,25). The van der Waals surface area contributed by atoms with Gasteiger partial charge in [-0.05, 0) is 36.8 Å². The number of nitrogens with one attached hydrogen (secondary N) is 2. The van der Waals surface area contributed by atoms with E-state index in [4.69, 9.17) is 10.5 Å². The molecule has 2 rings (SSSR count). The summed E-state index contributed by atoms with van der Waals surface area (Å²) in [6.07, 6.45) is 0. The van der Waals surface area contributed by atoms with Crippen LogP contribution in [0.4, 0.5) is 10.1 Å². The van der Waals surface area contributed by atoms with Crippen molar-refractivity contribution in [3.8, 4) is 0 Å². The van der Waals surface area contributed by atoms with E-state index in [-0.39, 0.29) is 24.8 Å². The molecule has 0 heterocycles. The fourth-order valence-electron chi connectivity index (χ4n) is 2.60. The molecule has 0 aliphatic heterocycles. The van der Waals surface area contributed by atoms with Crippen molar-refractivity contribution in [2.75, 3.05) is 25.5 Å². The summed E-state index contributed by atoms with van der Waals surface area (Å²) < 4.78 is 19.5. The van der Waals surface area contributed by atoms with Gasteiger partial charge in [-0.1, -0.05) is 24.3 Å². The first-order valence-corrected chi connectivity index (χ1v) is 8.66. The second-order valence-corrected chi connectivity index (χ2v) is 6.15. The molecule has 4 N–H and O–H groups in total. The van der Waals surface area contributed by atoms with Gasteiger partial charge in [-0.15, -0.1) is 0 Å². The van der Waals surface area contributed by atoms with Crippen molar-refractivity contribution in [2.24, 2.45) is 5.73 Å². The molecule has 0 bridgehead atoms. The van der Waals surface area contributed by atoms with E-state index in [1.807, 2.05) is 37.3 Å². The van der Waals surface area contributed by atoms with Crippen LogP contribution >= 0.6 is 0 Å². The lowest BCUT2D eigenvalue weighted by Crippen LogP contribution is -2.29. The highest BCUT2D eigenvalue weighted by molar-refractivity contribution is 5.94. The predicted molar refractivity (Wildman–Crippen MR) is 102 cm³/mol. The zero-order valence-corrected chi connectivity index (χ0v) is 15.4. The average molecular weight is 373 g/mol. The molecule has 2 aromatic rings. The first-order chi connectivity index (χ1) is 13.0. The molecule has 0 aromatic heterocycles. The molecule has 2 atom stereocenters. The summed E-state index contributed by atoms with van der Waals surface area (Å²) in [5.41, 5.74) is 6.89. The van der Waals surface area contributed by atoms with Crippen molar-refractivity contribution in [1.82, 2.24) is 5.32 Å². The Morgan fingerprint density at radius 3 is 2.48 bits per heavy atom. The highest BCUT2D eigenvalue weighted by Gasteiger charge is 2.23. The lowest BCUT2D eigenvalue weighted by molar-refractivity contribution is -0.145. The van der Waals surface area contributed by atoms with Crippen LogP contribution < -0.4 is 16.4 Å². The number of halogens is 1. The molecule has 27 heavy (non-hydrogen) atoms. The largest absolute Gasteiger partial charge is 0.463 e. The molecule has 0 fully saturated rings. The summed E-state index contributed by atoms with van der Waals surface area (Å²) in [6, 6.07) is 13.4. The normalized spacial score (nSPS) is 12.7. The molecule has 1 amide bonds. The number of hydrogen-bond acceptors (Lipinski definition) is 5. The fraction of sp³-hybridized carbons (Fsp3) is 0.300. The maximum atomic E-state index is 14.1. The molecular weight excluding hydrogens is 349 g/mol. The van der Waals surface area contributed by atoms with Gasteiger partial charge in [-0.3, -0.25) is 9.59 Å². The lowest BCUT2D eigenvalue weighted by atomic mass is 9.97. The Kier molecular flexibility index (Phi) is 7.31. The molecule has 7 heteroatoms. The molecule has 0 spiro atoms. The Morgan fingerprint density at radius 2 is 1.89 bits per heavy atom. The second kappa shape index (κ2) is 9.68. The Balaban J connectivity index is 1.99. The molecule has 0 aliphatic carbocycles. The molecular formula is C20H24FN3O3. The van der Waals surface area contributed by atoms with Gasteiger partial charge in [0, 0.05) is 19.3 Å². The van der Waals surface area contributed by atoms with Gasteiger partial charge in [-0.2, -0.15) is 0 Å². The van der Waals surface area contributed by atoms with Crippen LogP contribution in [0, 0.1) is 5.82 Å².